The Morgan fingerprint density at radius 1 is 1.33 bits per heavy atom. The maximum atomic E-state index is 13.4. The molecule has 0 aliphatic rings. The van der Waals surface area contributed by atoms with E-state index in [0.29, 0.717) is 11.1 Å². The van der Waals surface area contributed by atoms with Crippen molar-refractivity contribution in [2.24, 2.45) is 10.7 Å². The molecule has 0 aromatic rings. The molecule has 2 N–H and O–H groups in total. The van der Waals surface area contributed by atoms with Gasteiger partial charge in [0.25, 0.3) is 0 Å². The lowest BCUT2D eigenvalue weighted by atomic mass is 10.0. The average Bonchev–Trinajstić information content (AvgIpc) is 2.24. The predicted molar refractivity (Wildman–Crippen MR) is 73.7 cm³/mol. The lowest BCUT2D eigenvalue weighted by molar-refractivity contribution is 0.414. The van der Waals surface area contributed by atoms with Crippen LogP contribution in [0.15, 0.2) is 39.4 Å². The molecule has 0 aromatic carbocycles. The number of halogens is 1. The fourth-order valence-corrected chi connectivity index (χ4v) is 1.45. The quantitative estimate of drug-likeness (QED) is 0.474. The lowest BCUT2D eigenvalue weighted by Crippen LogP contribution is -2.01. The Morgan fingerprint density at radius 2 is 1.89 bits per heavy atom. The van der Waals surface area contributed by atoms with Gasteiger partial charge in [-0.15, -0.1) is 0 Å². The molecular weight excluding hydrogens is 255 g/mol. The van der Waals surface area contributed by atoms with E-state index < -0.39 is 16.0 Å². The molecule has 102 valence electrons. The van der Waals surface area contributed by atoms with E-state index in [1.807, 2.05) is 0 Å². The smallest absolute Gasteiger partial charge is 0.171 e. The molecule has 0 spiro atoms. The number of nitrogens with zero attached hydrogens (tertiary/aromatic N) is 1. The van der Waals surface area contributed by atoms with Gasteiger partial charge in [-0.1, -0.05) is 6.08 Å². The van der Waals surface area contributed by atoms with Crippen molar-refractivity contribution in [2.45, 2.75) is 26.9 Å². The third-order valence-electron chi connectivity index (χ3n) is 2.32. The fraction of sp³-hybridized carbons (Fsp3) is 0.417. The highest BCUT2D eigenvalue weighted by Gasteiger charge is 2.09. The van der Waals surface area contributed by atoms with Crippen molar-refractivity contribution in [2.75, 3.05) is 6.26 Å². The molecule has 0 amide bonds. The van der Waals surface area contributed by atoms with E-state index in [4.69, 9.17) is 5.73 Å². The first-order chi connectivity index (χ1) is 8.20. The van der Waals surface area contributed by atoms with Crippen LogP contribution in [-0.4, -0.2) is 27.2 Å². The van der Waals surface area contributed by atoms with Crippen molar-refractivity contribution in [3.8, 4) is 0 Å². The van der Waals surface area contributed by atoms with Crippen LogP contribution in [0.1, 0.15) is 20.8 Å². The first-order valence-electron chi connectivity index (χ1n) is 5.33. The minimum Gasteiger partial charge on any atom is -0.390 e. The van der Waals surface area contributed by atoms with Gasteiger partial charge in [0.05, 0.1) is 6.34 Å². The van der Waals surface area contributed by atoms with Crippen molar-refractivity contribution in [1.29, 1.82) is 0 Å². The number of nitrogens with two attached hydrogens (primary N) is 1. The van der Waals surface area contributed by atoms with E-state index in [9.17, 15) is 12.8 Å². The minimum atomic E-state index is -3.24. The van der Waals surface area contributed by atoms with Crippen molar-refractivity contribution in [3.63, 3.8) is 0 Å². The molecule has 0 aliphatic carbocycles. The zero-order valence-electron chi connectivity index (χ0n) is 11.0. The Bertz CT molecular complexity index is 500. The van der Waals surface area contributed by atoms with E-state index in [0.717, 1.165) is 12.6 Å². The molecule has 0 aromatic heterocycles. The molecule has 1 atom stereocenters. The number of alkyl halides is 1. The monoisotopic (exact) mass is 274 g/mol. The molecule has 0 radical (unpaired) electrons. The molecule has 18 heavy (non-hydrogen) atoms. The summed E-state index contributed by atoms with van der Waals surface area (Å²) in [6.45, 7) is 4.51. The summed E-state index contributed by atoms with van der Waals surface area (Å²) in [5.74, 6) is 0. The van der Waals surface area contributed by atoms with Crippen LogP contribution >= 0.6 is 0 Å². The largest absolute Gasteiger partial charge is 0.390 e. The zero-order valence-corrected chi connectivity index (χ0v) is 11.8. The Labute approximate surface area is 108 Å². The predicted octanol–water partition coefficient (Wildman–Crippen LogP) is 2.11. The average molecular weight is 274 g/mol. The first kappa shape index (κ1) is 16.6. The summed E-state index contributed by atoms with van der Waals surface area (Å²) in [4.78, 5) is 3.87. The van der Waals surface area contributed by atoms with E-state index in [1.165, 1.54) is 32.2 Å². The maximum Gasteiger partial charge on any atom is 0.171 e. The highest BCUT2D eigenvalue weighted by molar-refractivity contribution is 7.94. The second-order valence-electron chi connectivity index (χ2n) is 3.90. The van der Waals surface area contributed by atoms with Crippen LogP contribution in [0.3, 0.4) is 0 Å². The van der Waals surface area contributed by atoms with E-state index in [1.54, 1.807) is 6.92 Å². The summed E-state index contributed by atoms with van der Waals surface area (Å²) >= 11 is 0. The Morgan fingerprint density at radius 3 is 2.28 bits per heavy atom. The number of rotatable bonds is 5. The summed E-state index contributed by atoms with van der Waals surface area (Å²) in [5.41, 5.74) is 6.04. The van der Waals surface area contributed by atoms with Crippen molar-refractivity contribution in [1.82, 2.24) is 0 Å². The number of hydrogen-bond acceptors (Lipinski definition) is 3. The molecule has 4 nitrogen and oxygen atoms in total. The molecule has 6 heteroatoms. The highest BCUT2D eigenvalue weighted by Crippen LogP contribution is 2.18. The van der Waals surface area contributed by atoms with Crippen LogP contribution in [0.2, 0.25) is 0 Å². The van der Waals surface area contributed by atoms with Gasteiger partial charge in [-0.2, -0.15) is 0 Å². The maximum absolute atomic E-state index is 13.4. The van der Waals surface area contributed by atoms with Crippen molar-refractivity contribution in [3.05, 3.63) is 34.4 Å². The summed E-state index contributed by atoms with van der Waals surface area (Å²) in [6, 6.07) is 0. The summed E-state index contributed by atoms with van der Waals surface area (Å²) in [5, 5.41) is 0. The molecule has 0 saturated carbocycles. The Kier molecular flexibility index (Phi) is 6.54. The van der Waals surface area contributed by atoms with Gasteiger partial charge >= 0.3 is 0 Å². The van der Waals surface area contributed by atoms with Gasteiger partial charge < -0.3 is 5.73 Å². The van der Waals surface area contributed by atoms with Gasteiger partial charge in [0.15, 0.2) is 9.84 Å². The SMILES string of the molecule is CC(=C\N=CN)/C(=C/C=C(\C)S(C)(=O)=O)C(C)F. The van der Waals surface area contributed by atoms with Crippen LogP contribution in [0, 0.1) is 0 Å². The third kappa shape index (κ3) is 5.77. The summed E-state index contributed by atoms with van der Waals surface area (Å²) < 4.78 is 35.8. The van der Waals surface area contributed by atoms with Gasteiger partial charge in [-0.25, -0.2) is 17.8 Å². The summed E-state index contributed by atoms with van der Waals surface area (Å²) in [7, 11) is -3.24. The lowest BCUT2D eigenvalue weighted by Gasteiger charge is -2.07. The number of aliphatic imine (C=N–C) groups is 1. The van der Waals surface area contributed by atoms with Crippen LogP contribution in [-0.2, 0) is 9.84 Å². The van der Waals surface area contributed by atoms with Gasteiger partial charge in [0.2, 0.25) is 0 Å². The molecule has 1 unspecified atom stereocenters. The van der Waals surface area contributed by atoms with Gasteiger partial charge in [0.1, 0.15) is 6.17 Å². The molecular formula is C12H19FN2O2S. The van der Waals surface area contributed by atoms with Crippen LogP contribution in [0.5, 0.6) is 0 Å². The topological polar surface area (TPSA) is 72.5 Å². The van der Waals surface area contributed by atoms with E-state index in [2.05, 4.69) is 4.99 Å². The second kappa shape index (κ2) is 7.10. The highest BCUT2D eigenvalue weighted by atomic mass is 32.2. The van der Waals surface area contributed by atoms with Crippen molar-refractivity contribution < 1.29 is 12.8 Å². The number of sulfone groups is 1. The molecule has 0 saturated heterocycles. The first-order valence-corrected chi connectivity index (χ1v) is 7.22. The van der Waals surface area contributed by atoms with Crippen LogP contribution in [0.25, 0.3) is 0 Å². The standard InChI is InChI=1S/C12H19FN2O2S/c1-9(7-15-8-14)12(11(3)13)6-5-10(2)18(4,16)17/h5-8,11H,1-4H3,(H2,14,15)/b9-7+,10-5+,12-6-. The van der Waals surface area contributed by atoms with Gasteiger partial charge in [0, 0.05) is 17.4 Å². The fourth-order valence-electron chi connectivity index (χ4n) is 1.14. The molecule has 0 bridgehead atoms. The zero-order chi connectivity index (χ0) is 14.3. The van der Waals surface area contributed by atoms with Crippen LogP contribution in [0.4, 0.5) is 4.39 Å². The van der Waals surface area contributed by atoms with Crippen LogP contribution < -0.4 is 5.73 Å². The number of allylic oxidation sites excluding steroid dienone is 5. The van der Waals surface area contributed by atoms with E-state index in [-0.39, 0.29) is 4.91 Å². The van der Waals surface area contributed by atoms with Gasteiger partial charge in [-0.05, 0) is 38.0 Å². The Balaban J connectivity index is 5.40. The minimum absolute atomic E-state index is 0.177. The molecule has 0 fully saturated rings. The van der Waals surface area contributed by atoms with E-state index >= 15 is 0 Å². The normalized spacial score (nSPS) is 17.3. The molecule has 0 rings (SSSR count). The van der Waals surface area contributed by atoms with Gasteiger partial charge in [-0.3, -0.25) is 0 Å². The third-order valence-corrected chi connectivity index (χ3v) is 3.63. The molecule has 0 aliphatic heterocycles. The summed E-state index contributed by atoms with van der Waals surface area (Å²) in [6.07, 6.45) is 5.22. The van der Waals surface area contributed by atoms with Crippen molar-refractivity contribution >= 4 is 16.2 Å². The molecule has 0 heterocycles. The second-order valence-corrected chi connectivity index (χ2v) is 6.09. The Hall–Kier alpha value is -1.43. The number of hydrogen-bond donors (Lipinski definition) is 1.